The van der Waals surface area contributed by atoms with Gasteiger partial charge < -0.3 is 26.6 Å². The van der Waals surface area contributed by atoms with Crippen LogP contribution in [-0.2, 0) is 0 Å². The maximum absolute atomic E-state index is 6.05. The second-order valence-electron chi connectivity index (χ2n) is 6.02. The number of hydrogen-bond donors (Lipinski definition) is 3. The summed E-state index contributed by atoms with van der Waals surface area (Å²) in [5, 5.41) is 3.14. The first-order valence-electron chi connectivity index (χ1n) is 6.50. The highest BCUT2D eigenvalue weighted by molar-refractivity contribution is 5.81. The van der Waals surface area contributed by atoms with Crippen molar-refractivity contribution < 1.29 is 0 Å². The summed E-state index contributed by atoms with van der Waals surface area (Å²) in [4.78, 5) is 8.94. The number of rotatable bonds is 1. The first-order chi connectivity index (χ1) is 8.43. The lowest BCUT2D eigenvalue weighted by molar-refractivity contribution is 0.310. The highest BCUT2D eigenvalue weighted by Gasteiger charge is 2.40. The fourth-order valence-electron chi connectivity index (χ4n) is 3.36. The molecule has 3 aliphatic rings. The van der Waals surface area contributed by atoms with Crippen LogP contribution in [0.2, 0.25) is 0 Å². The minimum absolute atomic E-state index is 0.409. The molecule has 0 aliphatic carbocycles. The van der Waals surface area contributed by atoms with Gasteiger partial charge in [0.25, 0.3) is 0 Å². The summed E-state index contributed by atoms with van der Waals surface area (Å²) in [6.07, 6.45) is 1.97. The fraction of sp³-hybridized carbons (Fsp3) is 0.750. The minimum atomic E-state index is -0.695. The Balaban J connectivity index is 1.73. The number of likely N-dealkylation sites (tertiary alicyclic amines) is 2. The van der Waals surface area contributed by atoms with E-state index in [-0.39, 0.29) is 0 Å². The van der Waals surface area contributed by atoms with E-state index in [4.69, 9.17) is 11.5 Å². The van der Waals surface area contributed by atoms with Crippen LogP contribution in [0.25, 0.3) is 0 Å². The van der Waals surface area contributed by atoms with Crippen LogP contribution in [0.15, 0.2) is 16.9 Å². The molecule has 0 aromatic heterocycles. The average Bonchev–Trinajstić information content (AvgIpc) is 2.70. The standard InChI is InChI=1S/C12H22N6/c1-12(14)3-10(15-11(13)16-12)18-6-8-4-17(2)5-9(8)7-18/h3,8-9H,4-7,14H2,1-2H3,(H3,13,15,16). The third-order valence-corrected chi connectivity index (χ3v) is 4.06. The van der Waals surface area contributed by atoms with Crippen molar-refractivity contribution in [2.45, 2.75) is 12.6 Å². The molecule has 3 aliphatic heterocycles. The van der Waals surface area contributed by atoms with Gasteiger partial charge in [-0.2, -0.15) is 0 Å². The second-order valence-corrected chi connectivity index (χ2v) is 6.02. The zero-order chi connectivity index (χ0) is 12.9. The average molecular weight is 250 g/mol. The van der Waals surface area contributed by atoms with Crippen LogP contribution in [0.4, 0.5) is 0 Å². The van der Waals surface area contributed by atoms with E-state index in [9.17, 15) is 0 Å². The third-order valence-electron chi connectivity index (χ3n) is 4.06. The van der Waals surface area contributed by atoms with E-state index >= 15 is 0 Å². The first kappa shape index (κ1) is 11.8. The van der Waals surface area contributed by atoms with Crippen molar-refractivity contribution in [2.24, 2.45) is 28.3 Å². The summed E-state index contributed by atoms with van der Waals surface area (Å²) in [5.74, 6) is 2.96. The molecule has 3 heterocycles. The topological polar surface area (TPSA) is 82.9 Å². The van der Waals surface area contributed by atoms with Crippen molar-refractivity contribution in [3.8, 4) is 0 Å². The van der Waals surface area contributed by atoms with E-state index in [0.29, 0.717) is 5.96 Å². The number of guanidine groups is 1. The molecular formula is C12H22N6. The summed E-state index contributed by atoms with van der Waals surface area (Å²) in [5.41, 5.74) is 11.1. The predicted molar refractivity (Wildman–Crippen MR) is 71.5 cm³/mol. The van der Waals surface area contributed by atoms with Gasteiger partial charge in [0.2, 0.25) is 0 Å². The summed E-state index contributed by atoms with van der Waals surface area (Å²) in [7, 11) is 2.20. The summed E-state index contributed by atoms with van der Waals surface area (Å²) >= 11 is 0. The number of nitrogens with zero attached hydrogens (tertiary/aromatic N) is 3. The van der Waals surface area contributed by atoms with Crippen LogP contribution < -0.4 is 16.8 Å². The molecule has 0 spiro atoms. The van der Waals surface area contributed by atoms with Crippen molar-refractivity contribution in [1.82, 2.24) is 15.1 Å². The summed E-state index contributed by atoms with van der Waals surface area (Å²) < 4.78 is 0. The van der Waals surface area contributed by atoms with Gasteiger partial charge in [-0.25, -0.2) is 4.99 Å². The first-order valence-corrected chi connectivity index (χ1v) is 6.50. The highest BCUT2D eigenvalue weighted by Crippen LogP contribution is 2.32. The van der Waals surface area contributed by atoms with Gasteiger partial charge in [-0.3, -0.25) is 0 Å². The molecule has 0 amide bonds. The molecular weight excluding hydrogens is 228 g/mol. The van der Waals surface area contributed by atoms with Crippen molar-refractivity contribution in [2.75, 3.05) is 33.2 Å². The Labute approximate surface area is 108 Å². The monoisotopic (exact) mass is 250 g/mol. The van der Waals surface area contributed by atoms with Gasteiger partial charge in [0.1, 0.15) is 11.5 Å². The number of nitrogens with two attached hydrogens (primary N) is 2. The number of hydrogen-bond acceptors (Lipinski definition) is 6. The Morgan fingerprint density at radius 1 is 1.33 bits per heavy atom. The molecule has 5 N–H and O–H groups in total. The Morgan fingerprint density at radius 3 is 2.50 bits per heavy atom. The van der Waals surface area contributed by atoms with Crippen molar-refractivity contribution in [3.05, 3.63) is 11.9 Å². The molecule has 2 fully saturated rings. The van der Waals surface area contributed by atoms with Crippen LogP contribution in [0.5, 0.6) is 0 Å². The summed E-state index contributed by atoms with van der Waals surface area (Å²) in [6, 6.07) is 0. The zero-order valence-corrected chi connectivity index (χ0v) is 11.1. The minimum Gasteiger partial charge on any atom is -0.370 e. The van der Waals surface area contributed by atoms with Crippen LogP contribution >= 0.6 is 0 Å². The van der Waals surface area contributed by atoms with Gasteiger partial charge in [-0.1, -0.05) is 0 Å². The molecule has 0 bridgehead atoms. The molecule has 3 unspecified atom stereocenters. The van der Waals surface area contributed by atoms with E-state index in [2.05, 4.69) is 27.2 Å². The Hall–Kier alpha value is -1.27. The molecule has 0 aromatic rings. The Bertz CT molecular complexity index is 399. The lowest BCUT2D eigenvalue weighted by atomic mass is 10.0. The van der Waals surface area contributed by atoms with Crippen LogP contribution in [0.3, 0.4) is 0 Å². The molecule has 18 heavy (non-hydrogen) atoms. The normalized spacial score (nSPS) is 40.3. The van der Waals surface area contributed by atoms with Gasteiger partial charge in [0.05, 0.1) is 0 Å². The quantitative estimate of drug-likeness (QED) is 0.551. The number of nitrogens with one attached hydrogen (secondary N) is 1. The third kappa shape index (κ3) is 2.06. The van der Waals surface area contributed by atoms with Gasteiger partial charge in [0.15, 0.2) is 5.96 Å². The lowest BCUT2D eigenvalue weighted by Gasteiger charge is -2.31. The Morgan fingerprint density at radius 2 is 1.94 bits per heavy atom. The van der Waals surface area contributed by atoms with Crippen LogP contribution in [0, 0.1) is 11.8 Å². The van der Waals surface area contributed by atoms with Gasteiger partial charge in [-0.05, 0) is 31.9 Å². The van der Waals surface area contributed by atoms with Crippen LogP contribution in [-0.4, -0.2) is 54.6 Å². The fourth-order valence-corrected chi connectivity index (χ4v) is 3.36. The molecule has 0 saturated carbocycles. The number of aliphatic imine (C=N–C) groups is 1. The van der Waals surface area contributed by atoms with Gasteiger partial charge in [-0.15, -0.1) is 0 Å². The zero-order valence-electron chi connectivity index (χ0n) is 11.1. The molecule has 3 atom stereocenters. The number of fused-ring (bicyclic) bond motifs is 1. The molecule has 0 aromatic carbocycles. The van der Waals surface area contributed by atoms with E-state index in [1.807, 2.05) is 13.0 Å². The van der Waals surface area contributed by atoms with E-state index in [0.717, 1.165) is 30.7 Å². The molecule has 2 saturated heterocycles. The molecule has 6 nitrogen and oxygen atoms in total. The van der Waals surface area contributed by atoms with Gasteiger partial charge in [0, 0.05) is 26.2 Å². The summed E-state index contributed by atoms with van der Waals surface area (Å²) in [6.45, 7) is 6.41. The largest absolute Gasteiger partial charge is 0.370 e. The van der Waals surface area contributed by atoms with E-state index in [1.54, 1.807) is 0 Å². The molecule has 100 valence electrons. The maximum Gasteiger partial charge on any atom is 0.196 e. The molecule has 0 radical (unpaired) electrons. The predicted octanol–water partition coefficient (Wildman–Crippen LogP) is -1.09. The van der Waals surface area contributed by atoms with Gasteiger partial charge >= 0.3 is 0 Å². The van der Waals surface area contributed by atoms with E-state index in [1.165, 1.54) is 13.1 Å². The van der Waals surface area contributed by atoms with Crippen molar-refractivity contribution >= 4 is 5.96 Å². The SMILES string of the molecule is CN1CC2CN(C3=CC(C)(N)N=C(N)N3)CC2C1. The second kappa shape index (κ2) is 3.86. The van der Waals surface area contributed by atoms with E-state index < -0.39 is 5.66 Å². The molecule has 3 rings (SSSR count). The smallest absolute Gasteiger partial charge is 0.196 e. The van der Waals surface area contributed by atoms with Crippen molar-refractivity contribution in [3.63, 3.8) is 0 Å². The Kier molecular flexibility index (Phi) is 2.53. The van der Waals surface area contributed by atoms with Crippen molar-refractivity contribution in [1.29, 1.82) is 0 Å². The maximum atomic E-state index is 6.05. The lowest BCUT2D eigenvalue weighted by Crippen LogP contribution is -2.48. The molecule has 6 heteroatoms. The highest BCUT2D eigenvalue weighted by atomic mass is 15.3. The van der Waals surface area contributed by atoms with Crippen LogP contribution in [0.1, 0.15) is 6.92 Å².